The zero-order valence-electron chi connectivity index (χ0n) is 22.5. The van der Waals surface area contributed by atoms with Crippen molar-refractivity contribution in [3.63, 3.8) is 0 Å². The smallest absolute Gasteiger partial charge is 0.221 e. The Morgan fingerprint density at radius 1 is 0.821 bits per heavy atom. The Balaban J connectivity index is 1.48. The fourth-order valence-electron chi connectivity index (χ4n) is 5.04. The summed E-state index contributed by atoms with van der Waals surface area (Å²) in [6, 6.07) is 34.7. The number of carbonyl (C=O) groups is 1. The van der Waals surface area contributed by atoms with E-state index in [1.165, 1.54) is 5.56 Å². The monoisotopic (exact) mass is 518 g/mol. The van der Waals surface area contributed by atoms with Gasteiger partial charge in [-0.2, -0.15) is 0 Å². The summed E-state index contributed by atoms with van der Waals surface area (Å²) >= 11 is 0. The van der Waals surface area contributed by atoms with Gasteiger partial charge < -0.3 is 19.4 Å². The van der Waals surface area contributed by atoms with Crippen LogP contribution in [0.4, 0.5) is 0 Å². The van der Waals surface area contributed by atoms with Crippen LogP contribution in [-0.4, -0.2) is 24.2 Å². The van der Waals surface area contributed by atoms with Crippen molar-refractivity contribution in [1.29, 1.82) is 0 Å². The molecule has 0 aliphatic rings. The molecule has 0 saturated carbocycles. The summed E-state index contributed by atoms with van der Waals surface area (Å²) < 4.78 is 13.3. The molecular weight excluding hydrogens is 484 g/mol. The molecule has 5 rings (SSSR count). The molecule has 1 amide bonds. The predicted octanol–water partition coefficient (Wildman–Crippen LogP) is 6.94. The molecule has 5 nitrogen and oxygen atoms in total. The van der Waals surface area contributed by atoms with Gasteiger partial charge in [-0.05, 0) is 59.5 Å². The lowest BCUT2D eigenvalue weighted by molar-refractivity contribution is -0.121. The van der Waals surface area contributed by atoms with Gasteiger partial charge in [0.2, 0.25) is 5.91 Å². The molecule has 0 unspecified atom stereocenters. The van der Waals surface area contributed by atoms with Crippen molar-refractivity contribution in [1.82, 2.24) is 9.88 Å². The molecule has 1 N–H and O–H groups in total. The van der Waals surface area contributed by atoms with Gasteiger partial charge in [0.1, 0.15) is 11.5 Å². The van der Waals surface area contributed by atoms with Gasteiger partial charge in [0, 0.05) is 42.5 Å². The molecule has 0 bridgehead atoms. The SMILES string of the molecule is CCOc1ccc([C@@H](CC(=O)NCc2ccccc2)c2cn(Cc3ccc(OC)cc3)c3ccccc23)cc1. The Bertz CT molecular complexity index is 1510. The molecule has 1 heterocycles. The van der Waals surface area contributed by atoms with E-state index in [1.54, 1.807) is 7.11 Å². The Morgan fingerprint density at radius 2 is 1.51 bits per heavy atom. The van der Waals surface area contributed by atoms with Crippen molar-refractivity contribution < 1.29 is 14.3 Å². The molecule has 1 aromatic heterocycles. The van der Waals surface area contributed by atoms with Crippen LogP contribution in [0.3, 0.4) is 0 Å². The average Bonchev–Trinajstić information content (AvgIpc) is 3.34. The first-order chi connectivity index (χ1) is 19.1. The second-order valence-corrected chi connectivity index (χ2v) is 9.60. The first-order valence-electron chi connectivity index (χ1n) is 13.4. The van der Waals surface area contributed by atoms with Gasteiger partial charge in [0.15, 0.2) is 0 Å². The number of rotatable bonds is 11. The molecule has 4 aromatic carbocycles. The third-order valence-corrected chi connectivity index (χ3v) is 7.02. The van der Waals surface area contributed by atoms with Crippen molar-refractivity contribution in [3.05, 3.63) is 132 Å². The highest BCUT2D eigenvalue weighted by Crippen LogP contribution is 2.36. The number of carbonyl (C=O) groups excluding carboxylic acids is 1. The number of benzene rings is 4. The van der Waals surface area contributed by atoms with Crippen LogP contribution in [-0.2, 0) is 17.9 Å². The normalized spacial score (nSPS) is 11.7. The molecule has 39 heavy (non-hydrogen) atoms. The van der Waals surface area contributed by atoms with E-state index in [9.17, 15) is 4.79 Å². The third-order valence-electron chi connectivity index (χ3n) is 7.02. The Hall–Kier alpha value is -4.51. The molecule has 5 heteroatoms. The number of fused-ring (bicyclic) bond motifs is 1. The molecular formula is C34H34N2O3. The summed E-state index contributed by atoms with van der Waals surface area (Å²) in [5.74, 6) is 1.58. The van der Waals surface area contributed by atoms with Crippen LogP contribution in [0.25, 0.3) is 10.9 Å². The number of methoxy groups -OCH3 is 1. The molecule has 0 saturated heterocycles. The second-order valence-electron chi connectivity index (χ2n) is 9.60. The molecule has 0 fully saturated rings. The summed E-state index contributed by atoms with van der Waals surface area (Å²) in [6.07, 6.45) is 2.55. The Kier molecular flexibility index (Phi) is 8.27. The standard InChI is InChI=1S/C34H34N2O3/c1-3-39-29-19-15-27(16-20-29)31(21-34(37)35-22-25-9-5-4-6-10-25)32-24-36(33-12-8-7-11-30(32)33)23-26-13-17-28(38-2)18-14-26/h4-20,24,31H,3,21-23H2,1-2H3,(H,35,37)/t31-/m1/s1. The highest BCUT2D eigenvalue weighted by Gasteiger charge is 2.23. The van der Waals surface area contributed by atoms with E-state index in [1.807, 2.05) is 61.5 Å². The van der Waals surface area contributed by atoms with Crippen LogP contribution >= 0.6 is 0 Å². The van der Waals surface area contributed by atoms with Crippen molar-refractivity contribution in [3.8, 4) is 11.5 Å². The highest BCUT2D eigenvalue weighted by molar-refractivity contribution is 5.87. The maximum Gasteiger partial charge on any atom is 0.221 e. The number of nitrogens with zero attached hydrogens (tertiary/aromatic N) is 1. The Morgan fingerprint density at radius 3 is 2.23 bits per heavy atom. The number of para-hydroxylation sites is 1. The van der Waals surface area contributed by atoms with Crippen molar-refractivity contribution in [2.45, 2.75) is 32.4 Å². The van der Waals surface area contributed by atoms with E-state index >= 15 is 0 Å². The van der Waals surface area contributed by atoms with E-state index in [2.05, 4.69) is 64.6 Å². The number of nitrogens with one attached hydrogen (secondary N) is 1. The lowest BCUT2D eigenvalue weighted by atomic mass is 9.88. The van der Waals surface area contributed by atoms with E-state index in [-0.39, 0.29) is 11.8 Å². The maximum absolute atomic E-state index is 13.3. The minimum Gasteiger partial charge on any atom is -0.497 e. The van der Waals surface area contributed by atoms with Gasteiger partial charge in [0.05, 0.1) is 13.7 Å². The first kappa shape index (κ1) is 26.1. The van der Waals surface area contributed by atoms with Gasteiger partial charge in [-0.15, -0.1) is 0 Å². The number of aromatic nitrogens is 1. The lowest BCUT2D eigenvalue weighted by Crippen LogP contribution is -2.25. The van der Waals surface area contributed by atoms with E-state index < -0.39 is 0 Å². The molecule has 5 aromatic rings. The van der Waals surface area contributed by atoms with Crippen LogP contribution < -0.4 is 14.8 Å². The van der Waals surface area contributed by atoms with Crippen LogP contribution in [0.5, 0.6) is 11.5 Å². The highest BCUT2D eigenvalue weighted by atomic mass is 16.5. The summed E-state index contributed by atoms with van der Waals surface area (Å²) in [4.78, 5) is 13.3. The molecule has 0 aliphatic carbocycles. The van der Waals surface area contributed by atoms with Gasteiger partial charge in [-0.25, -0.2) is 0 Å². The minimum absolute atomic E-state index is 0.0183. The van der Waals surface area contributed by atoms with Crippen molar-refractivity contribution in [2.75, 3.05) is 13.7 Å². The quantitative estimate of drug-likeness (QED) is 0.206. The third kappa shape index (κ3) is 6.32. The number of ether oxygens (including phenoxy) is 2. The average molecular weight is 519 g/mol. The Labute approximate surface area is 230 Å². The summed E-state index contributed by atoms with van der Waals surface area (Å²) in [6.45, 7) is 3.82. The summed E-state index contributed by atoms with van der Waals surface area (Å²) in [5.41, 5.74) is 5.63. The molecule has 0 aliphatic heterocycles. The van der Waals surface area contributed by atoms with Crippen LogP contribution in [0.2, 0.25) is 0 Å². The molecule has 0 radical (unpaired) electrons. The number of amides is 1. The fourth-order valence-corrected chi connectivity index (χ4v) is 5.04. The van der Waals surface area contributed by atoms with Crippen LogP contribution in [0.1, 0.15) is 41.5 Å². The maximum atomic E-state index is 13.3. The summed E-state index contributed by atoms with van der Waals surface area (Å²) in [5, 5.41) is 4.28. The lowest BCUT2D eigenvalue weighted by Gasteiger charge is -2.18. The van der Waals surface area contributed by atoms with Crippen molar-refractivity contribution in [2.24, 2.45) is 0 Å². The van der Waals surface area contributed by atoms with Gasteiger partial charge >= 0.3 is 0 Å². The molecule has 1 atom stereocenters. The zero-order chi connectivity index (χ0) is 27.0. The van der Waals surface area contributed by atoms with Gasteiger partial charge in [-0.1, -0.05) is 72.8 Å². The second kappa shape index (κ2) is 12.4. The van der Waals surface area contributed by atoms with Gasteiger partial charge in [0.25, 0.3) is 0 Å². The van der Waals surface area contributed by atoms with E-state index in [0.717, 1.165) is 45.6 Å². The number of hydrogen-bond donors (Lipinski definition) is 1. The van der Waals surface area contributed by atoms with Crippen molar-refractivity contribution >= 4 is 16.8 Å². The van der Waals surface area contributed by atoms with Gasteiger partial charge in [-0.3, -0.25) is 4.79 Å². The predicted molar refractivity (Wildman–Crippen MR) is 156 cm³/mol. The minimum atomic E-state index is -0.113. The zero-order valence-corrected chi connectivity index (χ0v) is 22.5. The summed E-state index contributed by atoms with van der Waals surface area (Å²) in [7, 11) is 1.68. The van der Waals surface area contributed by atoms with E-state index in [4.69, 9.17) is 9.47 Å². The largest absolute Gasteiger partial charge is 0.497 e. The van der Waals surface area contributed by atoms with Crippen LogP contribution in [0, 0.1) is 0 Å². The topological polar surface area (TPSA) is 52.5 Å². The van der Waals surface area contributed by atoms with E-state index in [0.29, 0.717) is 19.6 Å². The van der Waals surface area contributed by atoms with Crippen LogP contribution in [0.15, 0.2) is 109 Å². The molecule has 198 valence electrons. The first-order valence-corrected chi connectivity index (χ1v) is 13.4. The molecule has 0 spiro atoms. The fraction of sp³-hybridized carbons (Fsp3) is 0.206. The number of hydrogen-bond acceptors (Lipinski definition) is 3.